The third-order valence-electron chi connectivity index (χ3n) is 4.52. The zero-order valence-electron chi connectivity index (χ0n) is 15.6. The van der Waals surface area contributed by atoms with Gasteiger partial charge in [-0.1, -0.05) is 54.6 Å². The van der Waals surface area contributed by atoms with Crippen molar-refractivity contribution in [2.75, 3.05) is 6.54 Å². The lowest BCUT2D eigenvalue weighted by molar-refractivity contribution is -0.145. The van der Waals surface area contributed by atoms with Crippen LogP contribution in [-0.2, 0) is 25.7 Å². The first-order valence-electron chi connectivity index (χ1n) is 9.07. The van der Waals surface area contributed by atoms with E-state index in [0.29, 0.717) is 0 Å². The van der Waals surface area contributed by atoms with Crippen LogP contribution in [0, 0.1) is 0 Å². The van der Waals surface area contributed by atoms with Crippen molar-refractivity contribution in [3.63, 3.8) is 0 Å². The van der Waals surface area contributed by atoms with Crippen LogP contribution in [0.1, 0.15) is 36.1 Å². The normalized spacial score (nSPS) is 14.9. The van der Waals surface area contributed by atoms with Crippen molar-refractivity contribution in [3.8, 4) is 0 Å². The molecule has 6 nitrogen and oxygen atoms in total. The topological polar surface area (TPSA) is 75.7 Å². The fraction of sp³-hybridized carbons (Fsp3) is 0.227. The van der Waals surface area contributed by atoms with Gasteiger partial charge >= 0.3 is 5.97 Å². The van der Waals surface area contributed by atoms with Gasteiger partial charge in [-0.15, -0.1) is 0 Å². The van der Waals surface area contributed by atoms with Gasteiger partial charge in [-0.05, 0) is 22.8 Å². The number of esters is 1. The molecule has 3 rings (SSSR count). The second-order valence-electron chi connectivity index (χ2n) is 6.51. The monoisotopic (exact) mass is 378 g/mol. The van der Waals surface area contributed by atoms with Crippen molar-refractivity contribution >= 4 is 23.9 Å². The van der Waals surface area contributed by atoms with E-state index in [9.17, 15) is 14.4 Å². The molecule has 2 aromatic rings. The summed E-state index contributed by atoms with van der Waals surface area (Å²) in [6.45, 7) is 1.41. The van der Waals surface area contributed by atoms with E-state index in [1.165, 1.54) is 11.8 Å². The first kappa shape index (κ1) is 19.4. The van der Waals surface area contributed by atoms with E-state index in [1.54, 1.807) is 6.20 Å². The number of nitrogens with one attached hydrogen (secondary N) is 1. The van der Waals surface area contributed by atoms with Gasteiger partial charge in [0.1, 0.15) is 13.2 Å². The van der Waals surface area contributed by atoms with Crippen LogP contribution < -0.4 is 5.32 Å². The summed E-state index contributed by atoms with van der Waals surface area (Å²) in [6, 6.07) is 16.6. The lowest BCUT2D eigenvalue weighted by atomic mass is 9.93. The molecule has 0 spiro atoms. The van der Waals surface area contributed by atoms with Crippen LogP contribution in [0.3, 0.4) is 0 Å². The highest BCUT2D eigenvalue weighted by Gasteiger charge is 2.28. The molecule has 6 heteroatoms. The molecule has 1 unspecified atom stereocenters. The average molecular weight is 378 g/mol. The van der Waals surface area contributed by atoms with E-state index in [-0.39, 0.29) is 31.4 Å². The number of hydrogen-bond donors (Lipinski definition) is 1. The van der Waals surface area contributed by atoms with Gasteiger partial charge in [-0.3, -0.25) is 14.4 Å². The quantitative estimate of drug-likeness (QED) is 0.785. The number of benzene rings is 2. The van der Waals surface area contributed by atoms with Crippen molar-refractivity contribution in [1.82, 2.24) is 10.2 Å². The average Bonchev–Trinajstić information content (AvgIpc) is 2.71. The molecule has 1 heterocycles. The van der Waals surface area contributed by atoms with Gasteiger partial charge in [0.2, 0.25) is 11.8 Å². The molecule has 0 aromatic heterocycles. The standard InChI is InChI=1S/C22H22N2O4/c1-16(25)24-12-11-18-9-5-6-10-19(18)20(24)13-21(26)23-14-22(27)28-15-17-7-3-2-4-8-17/h2-12,20H,13-15H2,1H3,(H,23,26). The molecule has 2 amide bonds. The third kappa shape index (κ3) is 4.85. The van der Waals surface area contributed by atoms with E-state index in [2.05, 4.69) is 5.32 Å². The summed E-state index contributed by atoms with van der Waals surface area (Å²) in [5, 5.41) is 2.58. The van der Waals surface area contributed by atoms with Gasteiger partial charge in [0.15, 0.2) is 0 Å². The fourth-order valence-corrected chi connectivity index (χ4v) is 3.12. The van der Waals surface area contributed by atoms with Gasteiger partial charge in [-0.25, -0.2) is 0 Å². The third-order valence-corrected chi connectivity index (χ3v) is 4.52. The maximum atomic E-state index is 12.4. The summed E-state index contributed by atoms with van der Waals surface area (Å²) in [5.74, 6) is -0.978. The predicted molar refractivity (Wildman–Crippen MR) is 105 cm³/mol. The minimum atomic E-state index is -0.510. The second kappa shape index (κ2) is 8.99. The molecule has 2 aromatic carbocycles. The van der Waals surface area contributed by atoms with Crippen LogP contribution in [0.2, 0.25) is 0 Å². The number of rotatable bonds is 6. The number of fused-ring (bicyclic) bond motifs is 1. The van der Waals surface area contributed by atoms with E-state index < -0.39 is 12.0 Å². The first-order valence-corrected chi connectivity index (χ1v) is 9.07. The van der Waals surface area contributed by atoms with E-state index >= 15 is 0 Å². The van der Waals surface area contributed by atoms with E-state index in [1.807, 2.05) is 60.7 Å². The Bertz CT molecular complexity index is 892. The molecule has 0 fully saturated rings. The van der Waals surface area contributed by atoms with E-state index in [4.69, 9.17) is 4.74 Å². The van der Waals surface area contributed by atoms with Gasteiger partial charge in [-0.2, -0.15) is 0 Å². The van der Waals surface area contributed by atoms with Crippen LogP contribution in [-0.4, -0.2) is 29.2 Å². The fourth-order valence-electron chi connectivity index (χ4n) is 3.12. The zero-order chi connectivity index (χ0) is 19.9. The summed E-state index contributed by atoms with van der Waals surface area (Å²) in [4.78, 5) is 37.8. The lowest BCUT2D eigenvalue weighted by Gasteiger charge is -2.32. The van der Waals surface area contributed by atoms with Gasteiger partial charge < -0.3 is 15.0 Å². The molecular weight excluding hydrogens is 356 g/mol. The van der Waals surface area contributed by atoms with Crippen molar-refractivity contribution in [2.24, 2.45) is 0 Å². The Morgan fingerprint density at radius 3 is 2.50 bits per heavy atom. The highest BCUT2D eigenvalue weighted by atomic mass is 16.5. The van der Waals surface area contributed by atoms with E-state index in [0.717, 1.165) is 16.7 Å². The Morgan fingerprint density at radius 2 is 1.75 bits per heavy atom. The number of carbonyl (C=O) groups excluding carboxylic acids is 3. The number of hydrogen-bond acceptors (Lipinski definition) is 4. The molecule has 0 aliphatic carbocycles. The largest absolute Gasteiger partial charge is 0.460 e. The van der Waals surface area contributed by atoms with Gasteiger partial charge in [0.25, 0.3) is 0 Å². The SMILES string of the molecule is CC(=O)N1C=Cc2ccccc2C1CC(=O)NCC(=O)OCc1ccccc1. The summed E-state index contributed by atoms with van der Waals surface area (Å²) >= 11 is 0. The van der Waals surface area contributed by atoms with Crippen LogP contribution in [0.25, 0.3) is 6.08 Å². The lowest BCUT2D eigenvalue weighted by Crippen LogP contribution is -2.37. The van der Waals surface area contributed by atoms with Gasteiger partial charge in [0, 0.05) is 13.1 Å². The van der Waals surface area contributed by atoms with Crippen molar-refractivity contribution in [3.05, 3.63) is 77.5 Å². The highest BCUT2D eigenvalue weighted by Crippen LogP contribution is 2.32. The molecule has 0 saturated carbocycles. The Morgan fingerprint density at radius 1 is 1.04 bits per heavy atom. The summed E-state index contributed by atoms with van der Waals surface area (Å²) < 4.78 is 5.15. The Labute approximate surface area is 163 Å². The summed E-state index contributed by atoms with van der Waals surface area (Å²) in [5.41, 5.74) is 2.76. The molecule has 1 aliphatic heterocycles. The van der Waals surface area contributed by atoms with Crippen LogP contribution >= 0.6 is 0 Å². The highest BCUT2D eigenvalue weighted by molar-refractivity contribution is 5.84. The van der Waals surface area contributed by atoms with Crippen molar-refractivity contribution in [1.29, 1.82) is 0 Å². The molecule has 1 atom stereocenters. The zero-order valence-corrected chi connectivity index (χ0v) is 15.6. The minimum Gasteiger partial charge on any atom is -0.460 e. The smallest absolute Gasteiger partial charge is 0.325 e. The molecular formula is C22H22N2O4. The van der Waals surface area contributed by atoms with Crippen LogP contribution in [0.4, 0.5) is 0 Å². The van der Waals surface area contributed by atoms with Gasteiger partial charge in [0.05, 0.1) is 12.5 Å². The molecule has 28 heavy (non-hydrogen) atoms. The molecule has 0 saturated heterocycles. The van der Waals surface area contributed by atoms with Crippen molar-refractivity contribution < 1.29 is 19.1 Å². The van der Waals surface area contributed by atoms with Crippen LogP contribution in [0.15, 0.2) is 60.8 Å². The maximum Gasteiger partial charge on any atom is 0.325 e. The second-order valence-corrected chi connectivity index (χ2v) is 6.51. The predicted octanol–water partition coefficient (Wildman–Crippen LogP) is 2.81. The number of nitrogens with zero attached hydrogens (tertiary/aromatic N) is 1. The summed E-state index contributed by atoms with van der Waals surface area (Å²) in [6.07, 6.45) is 3.61. The molecule has 1 N–H and O–H groups in total. The number of carbonyl (C=O) groups is 3. The Hall–Kier alpha value is -3.41. The molecule has 144 valence electrons. The molecule has 0 bridgehead atoms. The number of amides is 2. The maximum absolute atomic E-state index is 12.4. The molecule has 1 aliphatic rings. The summed E-state index contributed by atoms with van der Waals surface area (Å²) in [7, 11) is 0. The van der Waals surface area contributed by atoms with Crippen LogP contribution in [0.5, 0.6) is 0 Å². The number of ether oxygens (including phenoxy) is 1. The molecule has 0 radical (unpaired) electrons. The minimum absolute atomic E-state index is 0.0624. The Kier molecular flexibility index (Phi) is 6.22. The first-order chi connectivity index (χ1) is 13.5. The Balaban J connectivity index is 1.55. The van der Waals surface area contributed by atoms with Crippen molar-refractivity contribution in [2.45, 2.75) is 26.0 Å².